The van der Waals surface area contributed by atoms with Crippen molar-refractivity contribution < 1.29 is 9.47 Å². The van der Waals surface area contributed by atoms with Crippen LogP contribution in [0.15, 0.2) is 25.0 Å². The number of hydrogen-bond donors (Lipinski definition) is 0. The second kappa shape index (κ2) is 6.08. The number of fused-ring (bicyclic) bond motifs is 1. The fourth-order valence-electron chi connectivity index (χ4n) is 3.35. The Bertz CT molecular complexity index is 460. The SMILES string of the molecule is C=CCO[C@H]1CC[C@H]2[C@@H]1OCCN2Cc1cnn(C)c1. The molecule has 3 atom stereocenters. The third kappa shape index (κ3) is 2.80. The summed E-state index contributed by atoms with van der Waals surface area (Å²) in [4.78, 5) is 2.52. The molecule has 0 spiro atoms. The molecule has 2 fully saturated rings. The maximum absolute atomic E-state index is 5.96. The van der Waals surface area contributed by atoms with Crippen molar-refractivity contribution >= 4 is 0 Å². The lowest BCUT2D eigenvalue weighted by Gasteiger charge is -2.38. The summed E-state index contributed by atoms with van der Waals surface area (Å²) in [5.74, 6) is 0. The molecule has 2 heterocycles. The van der Waals surface area contributed by atoms with Crippen LogP contribution in [-0.2, 0) is 23.1 Å². The molecule has 1 aromatic rings. The molecule has 0 aromatic carbocycles. The van der Waals surface area contributed by atoms with Crippen LogP contribution in [0.4, 0.5) is 0 Å². The Balaban J connectivity index is 1.63. The van der Waals surface area contributed by atoms with Gasteiger partial charge in [-0.1, -0.05) is 6.08 Å². The zero-order valence-electron chi connectivity index (χ0n) is 12.1. The Morgan fingerprint density at radius 3 is 3.20 bits per heavy atom. The van der Waals surface area contributed by atoms with E-state index in [1.807, 2.05) is 24.0 Å². The number of morpholine rings is 1. The lowest BCUT2D eigenvalue weighted by Crippen LogP contribution is -2.51. The van der Waals surface area contributed by atoms with Gasteiger partial charge in [-0.25, -0.2) is 0 Å². The van der Waals surface area contributed by atoms with Crippen LogP contribution in [0.2, 0.25) is 0 Å². The van der Waals surface area contributed by atoms with E-state index in [9.17, 15) is 0 Å². The quantitative estimate of drug-likeness (QED) is 0.762. The van der Waals surface area contributed by atoms with Crippen LogP contribution in [0, 0.1) is 0 Å². The molecule has 1 aliphatic heterocycles. The van der Waals surface area contributed by atoms with Gasteiger partial charge in [0.05, 0.1) is 31.6 Å². The number of hydrogen-bond acceptors (Lipinski definition) is 4. The summed E-state index contributed by atoms with van der Waals surface area (Å²) in [6.45, 7) is 7.05. The van der Waals surface area contributed by atoms with E-state index in [-0.39, 0.29) is 12.2 Å². The molecule has 20 heavy (non-hydrogen) atoms. The lowest BCUT2D eigenvalue weighted by molar-refractivity contribution is -0.111. The maximum atomic E-state index is 5.96. The first kappa shape index (κ1) is 13.8. The van der Waals surface area contributed by atoms with Gasteiger partial charge in [-0.3, -0.25) is 9.58 Å². The number of ether oxygens (including phenoxy) is 2. The van der Waals surface area contributed by atoms with Gasteiger partial charge in [0, 0.05) is 37.9 Å². The summed E-state index contributed by atoms with van der Waals surface area (Å²) in [7, 11) is 1.96. The Kier molecular flexibility index (Phi) is 4.19. The van der Waals surface area contributed by atoms with Crippen molar-refractivity contribution in [2.75, 3.05) is 19.8 Å². The lowest BCUT2D eigenvalue weighted by atomic mass is 10.1. The van der Waals surface area contributed by atoms with Crippen LogP contribution in [0.1, 0.15) is 18.4 Å². The molecule has 1 aromatic heterocycles. The zero-order chi connectivity index (χ0) is 13.9. The number of aromatic nitrogens is 2. The molecule has 2 aliphatic rings. The van der Waals surface area contributed by atoms with Crippen LogP contribution in [0.3, 0.4) is 0 Å². The van der Waals surface area contributed by atoms with Gasteiger partial charge in [-0.15, -0.1) is 6.58 Å². The van der Waals surface area contributed by atoms with Crippen LogP contribution in [0.5, 0.6) is 0 Å². The highest BCUT2D eigenvalue weighted by Gasteiger charge is 2.43. The van der Waals surface area contributed by atoms with E-state index in [0.29, 0.717) is 12.6 Å². The van der Waals surface area contributed by atoms with Gasteiger partial charge >= 0.3 is 0 Å². The fourth-order valence-corrected chi connectivity index (χ4v) is 3.35. The molecule has 5 heteroatoms. The van der Waals surface area contributed by atoms with E-state index in [1.54, 1.807) is 0 Å². The van der Waals surface area contributed by atoms with Gasteiger partial charge in [-0.05, 0) is 12.8 Å². The van der Waals surface area contributed by atoms with Gasteiger partial charge in [-0.2, -0.15) is 5.10 Å². The second-order valence-corrected chi connectivity index (χ2v) is 5.63. The highest BCUT2D eigenvalue weighted by Crippen LogP contribution is 2.32. The Labute approximate surface area is 120 Å². The van der Waals surface area contributed by atoms with Crippen LogP contribution < -0.4 is 0 Å². The van der Waals surface area contributed by atoms with Crippen molar-refractivity contribution in [1.82, 2.24) is 14.7 Å². The molecule has 0 unspecified atom stereocenters. The topological polar surface area (TPSA) is 39.5 Å². The number of rotatable bonds is 5. The van der Waals surface area contributed by atoms with Crippen molar-refractivity contribution in [1.29, 1.82) is 0 Å². The minimum Gasteiger partial charge on any atom is -0.373 e. The van der Waals surface area contributed by atoms with Gasteiger partial charge < -0.3 is 9.47 Å². The van der Waals surface area contributed by atoms with Gasteiger partial charge in [0.15, 0.2) is 0 Å². The molecule has 110 valence electrons. The first-order valence-corrected chi connectivity index (χ1v) is 7.33. The van der Waals surface area contributed by atoms with Crippen LogP contribution >= 0.6 is 0 Å². The smallest absolute Gasteiger partial charge is 0.0992 e. The molecule has 1 saturated carbocycles. The Hall–Kier alpha value is -1.17. The molecule has 0 radical (unpaired) electrons. The number of aryl methyl sites for hydroxylation is 1. The average Bonchev–Trinajstić information content (AvgIpc) is 3.04. The molecule has 3 rings (SSSR count). The third-order valence-electron chi connectivity index (χ3n) is 4.22. The maximum Gasteiger partial charge on any atom is 0.0992 e. The third-order valence-corrected chi connectivity index (χ3v) is 4.22. The van der Waals surface area contributed by atoms with E-state index in [1.165, 1.54) is 5.56 Å². The summed E-state index contributed by atoms with van der Waals surface area (Å²) < 4.78 is 13.7. The van der Waals surface area contributed by atoms with Gasteiger partial charge in [0.2, 0.25) is 0 Å². The van der Waals surface area contributed by atoms with Crippen molar-refractivity contribution in [2.45, 2.75) is 37.6 Å². The van der Waals surface area contributed by atoms with Crippen molar-refractivity contribution in [3.63, 3.8) is 0 Å². The van der Waals surface area contributed by atoms with Crippen molar-refractivity contribution in [3.05, 3.63) is 30.6 Å². The van der Waals surface area contributed by atoms with E-state index in [2.05, 4.69) is 22.8 Å². The van der Waals surface area contributed by atoms with Gasteiger partial charge in [0.1, 0.15) is 0 Å². The van der Waals surface area contributed by atoms with E-state index >= 15 is 0 Å². The predicted octanol–water partition coefficient (Wildman–Crippen LogP) is 1.35. The molecule has 0 amide bonds. The molecule has 1 aliphatic carbocycles. The first-order chi connectivity index (χ1) is 9.78. The summed E-state index contributed by atoms with van der Waals surface area (Å²) in [5.41, 5.74) is 1.27. The minimum atomic E-state index is 0.209. The molecular weight excluding hydrogens is 254 g/mol. The summed E-state index contributed by atoms with van der Waals surface area (Å²) >= 11 is 0. The number of nitrogens with zero attached hydrogens (tertiary/aromatic N) is 3. The molecule has 0 bridgehead atoms. The fraction of sp³-hybridized carbons (Fsp3) is 0.667. The van der Waals surface area contributed by atoms with E-state index in [0.717, 1.165) is 32.5 Å². The standard InChI is InChI=1S/C15H23N3O2/c1-3-7-19-14-5-4-13-15(14)20-8-6-18(13)11-12-9-16-17(2)10-12/h3,9-10,13-15H,1,4-8,11H2,2H3/t13-,14-,15-/m0/s1. The molecule has 5 nitrogen and oxygen atoms in total. The average molecular weight is 277 g/mol. The predicted molar refractivity (Wildman–Crippen MR) is 76.3 cm³/mol. The molecular formula is C15H23N3O2. The normalized spacial score (nSPS) is 30.4. The second-order valence-electron chi connectivity index (χ2n) is 5.63. The van der Waals surface area contributed by atoms with Crippen LogP contribution in [-0.4, -0.2) is 52.7 Å². The first-order valence-electron chi connectivity index (χ1n) is 7.33. The monoisotopic (exact) mass is 277 g/mol. The van der Waals surface area contributed by atoms with Crippen LogP contribution in [0.25, 0.3) is 0 Å². The molecule has 1 saturated heterocycles. The van der Waals surface area contributed by atoms with Gasteiger partial charge in [0.25, 0.3) is 0 Å². The summed E-state index contributed by atoms with van der Waals surface area (Å²) in [5, 5.41) is 4.25. The minimum absolute atomic E-state index is 0.209. The summed E-state index contributed by atoms with van der Waals surface area (Å²) in [6, 6.07) is 0.471. The Morgan fingerprint density at radius 2 is 2.45 bits per heavy atom. The Morgan fingerprint density at radius 1 is 1.55 bits per heavy atom. The zero-order valence-corrected chi connectivity index (χ0v) is 12.1. The largest absolute Gasteiger partial charge is 0.373 e. The van der Waals surface area contributed by atoms with Crippen molar-refractivity contribution in [2.24, 2.45) is 7.05 Å². The van der Waals surface area contributed by atoms with E-state index in [4.69, 9.17) is 9.47 Å². The highest BCUT2D eigenvalue weighted by atomic mass is 16.5. The summed E-state index contributed by atoms with van der Waals surface area (Å²) in [6.07, 6.45) is 8.49. The highest BCUT2D eigenvalue weighted by molar-refractivity contribution is 5.06. The molecule has 0 N–H and O–H groups in total. The van der Waals surface area contributed by atoms with E-state index < -0.39 is 0 Å². The van der Waals surface area contributed by atoms with Crippen molar-refractivity contribution in [3.8, 4) is 0 Å².